The number of allylic oxidation sites excluding steroid dienone is 2. The lowest BCUT2D eigenvalue weighted by Crippen LogP contribution is -2.35. The molecule has 0 bridgehead atoms. The maximum atomic E-state index is 11.9. The first-order valence-corrected chi connectivity index (χ1v) is 5.89. The van der Waals surface area contributed by atoms with Crippen molar-refractivity contribution >= 4 is 5.97 Å². The van der Waals surface area contributed by atoms with Gasteiger partial charge in [0.15, 0.2) is 0 Å². The van der Waals surface area contributed by atoms with Gasteiger partial charge in [-0.2, -0.15) is 0 Å². The largest absolute Gasteiger partial charge is 0.466 e. The molecule has 0 heterocycles. The van der Waals surface area contributed by atoms with Gasteiger partial charge in [0, 0.05) is 0 Å². The van der Waals surface area contributed by atoms with Crippen LogP contribution >= 0.6 is 0 Å². The highest BCUT2D eigenvalue weighted by molar-refractivity contribution is 5.77. The third-order valence-electron chi connectivity index (χ3n) is 3.63. The fourth-order valence-electron chi connectivity index (χ4n) is 2.25. The van der Waals surface area contributed by atoms with E-state index < -0.39 is 0 Å². The number of carbonyl (C=O) groups is 1. The summed E-state index contributed by atoms with van der Waals surface area (Å²) >= 11 is 0. The van der Waals surface area contributed by atoms with E-state index in [4.69, 9.17) is 4.74 Å². The zero-order valence-electron chi connectivity index (χ0n) is 10.3. The van der Waals surface area contributed by atoms with Crippen LogP contribution in [-0.4, -0.2) is 12.6 Å². The predicted molar refractivity (Wildman–Crippen MR) is 61.5 cm³/mol. The Labute approximate surface area is 92.7 Å². The summed E-state index contributed by atoms with van der Waals surface area (Å²) < 4.78 is 5.18. The van der Waals surface area contributed by atoms with E-state index in [-0.39, 0.29) is 11.4 Å². The van der Waals surface area contributed by atoms with Crippen LogP contribution in [0.4, 0.5) is 0 Å². The van der Waals surface area contributed by atoms with Gasteiger partial charge in [-0.3, -0.25) is 4.79 Å². The SMILES string of the molecule is CCOC(=O)C(C)(CC)C1C=C(C)CC1. The molecule has 1 aliphatic rings. The molecular weight excluding hydrogens is 188 g/mol. The molecule has 2 nitrogen and oxygen atoms in total. The molecule has 0 amide bonds. The minimum absolute atomic E-state index is 0.0385. The topological polar surface area (TPSA) is 26.3 Å². The molecule has 0 fully saturated rings. The van der Waals surface area contributed by atoms with Crippen molar-refractivity contribution < 1.29 is 9.53 Å². The zero-order valence-corrected chi connectivity index (χ0v) is 10.3. The lowest BCUT2D eigenvalue weighted by molar-refractivity contribution is -0.157. The Hall–Kier alpha value is -0.790. The number of hydrogen-bond acceptors (Lipinski definition) is 2. The minimum Gasteiger partial charge on any atom is -0.466 e. The van der Waals surface area contributed by atoms with Crippen LogP contribution in [0.5, 0.6) is 0 Å². The van der Waals surface area contributed by atoms with Crippen LogP contribution in [0.2, 0.25) is 0 Å². The van der Waals surface area contributed by atoms with Crippen molar-refractivity contribution in [2.24, 2.45) is 11.3 Å². The van der Waals surface area contributed by atoms with E-state index in [0.29, 0.717) is 12.5 Å². The van der Waals surface area contributed by atoms with Crippen LogP contribution in [0, 0.1) is 11.3 Å². The van der Waals surface area contributed by atoms with Gasteiger partial charge in [0.1, 0.15) is 0 Å². The van der Waals surface area contributed by atoms with E-state index in [1.807, 2.05) is 13.8 Å². The Kier molecular flexibility index (Phi) is 3.95. The highest BCUT2D eigenvalue weighted by Crippen LogP contribution is 2.41. The molecule has 1 aliphatic carbocycles. The standard InChI is InChI=1S/C13H22O2/c1-5-13(4,12(14)15-6-2)11-8-7-10(3)9-11/h9,11H,5-8H2,1-4H3. The zero-order chi connectivity index (χ0) is 11.5. The number of rotatable bonds is 4. The van der Waals surface area contributed by atoms with E-state index in [2.05, 4.69) is 19.9 Å². The van der Waals surface area contributed by atoms with Crippen molar-refractivity contribution in [3.8, 4) is 0 Å². The highest BCUT2D eigenvalue weighted by Gasteiger charge is 2.41. The van der Waals surface area contributed by atoms with Gasteiger partial charge in [-0.1, -0.05) is 18.6 Å². The average Bonchev–Trinajstić information content (AvgIpc) is 2.64. The number of carbonyl (C=O) groups excluding carboxylic acids is 1. The van der Waals surface area contributed by atoms with E-state index in [0.717, 1.165) is 19.3 Å². The van der Waals surface area contributed by atoms with Crippen molar-refractivity contribution in [1.82, 2.24) is 0 Å². The van der Waals surface area contributed by atoms with Crippen molar-refractivity contribution in [3.05, 3.63) is 11.6 Å². The summed E-state index contributed by atoms with van der Waals surface area (Å²) in [6.07, 6.45) is 5.31. The molecule has 2 heteroatoms. The van der Waals surface area contributed by atoms with Crippen LogP contribution in [-0.2, 0) is 9.53 Å². The van der Waals surface area contributed by atoms with Crippen molar-refractivity contribution in [2.75, 3.05) is 6.61 Å². The third-order valence-corrected chi connectivity index (χ3v) is 3.63. The molecule has 1 rings (SSSR count). The smallest absolute Gasteiger partial charge is 0.312 e. The molecule has 0 aromatic carbocycles. The Bertz CT molecular complexity index is 268. The van der Waals surface area contributed by atoms with Gasteiger partial charge in [0.05, 0.1) is 12.0 Å². The first-order chi connectivity index (χ1) is 7.04. The summed E-state index contributed by atoms with van der Waals surface area (Å²) in [5.41, 5.74) is 1.08. The van der Waals surface area contributed by atoms with E-state index >= 15 is 0 Å². The molecule has 86 valence electrons. The van der Waals surface area contributed by atoms with Crippen LogP contribution in [0.1, 0.15) is 47.0 Å². The second-order valence-corrected chi connectivity index (χ2v) is 4.65. The molecule has 2 unspecified atom stereocenters. The Morgan fingerprint density at radius 3 is 2.67 bits per heavy atom. The van der Waals surface area contributed by atoms with Crippen LogP contribution in [0.25, 0.3) is 0 Å². The highest BCUT2D eigenvalue weighted by atomic mass is 16.5. The molecule has 0 aromatic rings. The Balaban J connectivity index is 2.80. The van der Waals surface area contributed by atoms with Gasteiger partial charge in [-0.15, -0.1) is 0 Å². The van der Waals surface area contributed by atoms with Gasteiger partial charge >= 0.3 is 5.97 Å². The van der Waals surface area contributed by atoms with Crippen LogP contribution in [0.15, 0.2) is 11.6 Å². The van der Waals surface area contributed by atoms with Gasteiger partial charge in [-0.05, 0) is 46.0 Å². The van der Waals surface area contributed by atoms with Crippen LogP contribution < -0.4 is 0 Å². The molecule has 2 atom stereocenters. The van der Waals surface area contributed by atoms with Gasteiger partial charge in [0.2, 0.25) is 0 Å². The summed E-state index contributed by atoms with van der Waals surface area (Å²) in [4.78, 5) is 11.9. The number of ether oxygens (including phenoxy) is 1. The summed E-state index contributed by atoms with van der Waals surface area (Å²) in [5, 5.41) is 0. The molecule has 0 N–H and O–H groups in total. The van der Waals surface area contributed by atoms with E-state index in [9.17, 15) is 4.79 Å². The second-order valence-electron chi connectivity index (χ2n) is 4.65. The third kappa shape index (κ3) is 2.42. The summed E-state index contributed by atoms with van der Waals surface area (Å²) in [6.45, 7) is 8.58. The maximum absolute atomic E-state index is 11.9. The van der Waals surface area contributed by atoms with Gasteiger partial charge < -0.3 is 4.74 Å². The molecule has 15 heavy (non-hydrogen) atoms. The average molecular weight is 210 g/mol. The maximum Gasteiger partial charge on any atom is 0.312 e. The summed E-state index contributed by atoms with van der Waals surface area (Å²) in [6, 6.07) is 0. The fraction of sp³-hybridized carbons (Fsp3) is 0.769. The monoisotopic (exact) mass is 210 g/mol. The molecular formula is C13H22O2. The first kappa shape index (κ1) is 12.3. The summed E-state index contributed by atoms with van der Waals surface area (Å²) in [5.74, 6) is 0.324. The summed E-state index contributed by atoms with van der Waals surface area (Å²) in [7, 11) is 0. The number of esters is 1. The van der Waals surface area contributed by atoms with Gasteiger partial charge in [0.25, 0.3) is 0 Å². The van der Waals surface area contributed by atoms with Gasteiger partial charge in [-0.25, -0.2) is 0 Å². The second kappa shape index (κ2) is 4.82. The van der Waals surface area contributed by atoms with Crippen molar-refractivity contribution in [2.45, 2.75) is 47.0 Å². The molecule has 0 saturated heterocycles. The fourth-order valence-corrected chi connectivity index (χ4v) is 2.25. The quantitative estimate of drug-likeness (QED) is 0.525. The lowest BCUT2D eigenvalue weighted by atomic mass is 9.74. The molecule has 0 aliphatic heterocycles. The normalized spacial score (nSPS) is 24.5. The van der Waals surface area contributed by atoms with E-state index in [1.54, 1.807) is 0 Å². The minimum atomic E-state index is -0.326. The lowest BCUT2D eigenvalue weighted by Gasteiger charge is -2.31. The molecule has 0 saturated carbocycles. The Morgan fingerprint density at radius 1 is 1.60 bits per heavy atom. The van der Waals surface area contributed by atoms with Crippen molar-refractivity contribution in [3.63, 3.8) is 0 Å². The molecule has 0 spiro atoms. The predicted octanol–water partition coefficient (Wildman–Crippen LogP) is 3.32. The van der Waals surface area contributed by atoms with E-state index in [1.165, 1.54) is 5.57 Å². The Morgan fingerprint density at radius 2 is 2.27 bits per heavy atom. The first-order valence-electron chi connectivity index (χ1n) is 5.89. The number of hydrogen-bond donors (Lipinski definition) is 0. The molecule has 0 aromatic heterocycles. The van der Waals surface area contributed by atoms with Crippen molar-refractivity contribution in [1.29, 1.82) is 0 Å². The molecule has 0 radical (unpaired) electrons. The van der Waals surface area contributed by atoms with Crippen LogP contribution in [0.3, 0.4) is 0 Å².